The Balaban J connectivity index is 1.17. The van der Waals surface area contributed by atoms with E-state index >= 15 is 13.2 Å². The van der Waals surface area contributed by atoms with Gasteiger partial charge < -0.3 is 29.7 Å². The van der Waals surface area contributed by atoms with Crippen molar-refractivity contribution in [3.63, 3.8) is 0 Å². The van der Waals surface area contributed by atoms with Crippen LogP contribution < -0.4 is 24.8 Å². The number of aromatic nitrogens is 2. The summed E-state index contributed by atoms with van der Waals surface area (Å²) in [6, 6.07) is 6.62. The number of nitrogens with zero attached hydrogens (tertiary/aromatic N) is 4. The third-order valence-corrected chi connectivity index (χ3v) is 15.5. The molecule has 16 nitrogen and oxygen atoms in total. The van der Waals surface area contributed by atoms with Gasteiger partial charge in [-0.3, -0.25) is 19.1 Å². The van der Waals surface area contributed by atoms with E-state index in [2.05, 4.69) is 25.3 Å². The van der Waals surface area contributed by atoms with E-state index in [0.717, 1.165) is 0 Å². The van der Waals surface area contributed by atoms with Crippen LogP contribution in [0.5, 0.6) is 17.4 Å². The first kappa shape index (κ1) is 46.6. The van der Waals surface area contributed by atoms with Gasteiger partial charge >= 0.3 is 12.3 Å². The largest absolute Gasteiger partial charge is 0.483 e. The Hall–Kier alpha value is -5.97. The first-order valence-electron chi connectivity index (χ1n) is 22.2. The maximum Gasteiger partial charge on any atom is 0.437 e. The Morgan fingerprint density at radius 3 is 2.47 bits per heavy atom. The van der Waals surface area contributed by atoms with Gasteiger partial charge in [-0.25, -0.2) is 23.2 Å². The topological polar surface area (TPSA) is 219 Å². The van der Waals surface area contributed by atoms with E-state index < -0.39 is 90.9 Å². The van der Waals surface area contributed by atoms with Crippen molar-refractivity contribution in [1.82, 2.24) is 30.2 Å². The van der Waals surface area contributed by atoms with Gasteiger partial charge in [0.05, 0.1) is 22.4 Å². The quantitative estimate of drug-likeness (QED) is 0.221. The Morgan fingerprint density at radius 2 is 1.82 bits per heavy atom. The molecule has 4 amide bonds. The number of alkyl halides is 3. The number of ether oxygens (including phenoxy) is 3. The van der Waals surface area contributed by atoms with Crippen molar-refractivity contribution >= 4 is 44.7 Å². The fourth-order valence-electron chi connectivity index (χ4n) is 9.21. The van der Waals surface area contributed by atoms with Crippen LogP contribution in [0.4, 0.5) is 18.0 Å². The molecule has 3 N–H and O–H groups in total. The summed E-state index contributed by atoms with van der Waals surface area (Å²) in [6.07, 6.45) is 2.58. The minimum absolute atomic E-state index is 0.0100. The lowest BCUT2D eigenvalue weighted by Gasteiger charge is -2.48. The number of benzene rings is 1. The Labute approximate surface area is 380 Å². The van der Waals surface area contributed by atoms with Crippen LogP contribution in [0, 0.1) is 17.2 Å². The van der Waals surface area contributed by atoms with Crippen LogP contribution in [-0.2, 0) is 41.7 Å². The molecular weight excluding hydrogens is 884 g/mol. The zero-order valence-electron chi connectivity index (χ0n) is 37.0. The second-order valence-electron chi connectivity index (χ2n) is 19.3. The summed E-state index contributed by atoms with van der Waals surface area (Å²) in [4.78, 5) is 66.6. The summed E-state index contributed by atoms with van der Waals surface area (Å²) in [5.74, 6) is -3.29. The number of nitrogens with one attached hydrogen (secondary N) is 3. The highest BCUT2D eigenvalue weighted by Gasteiger charge is 2.60. The molecule has 1 saturated heterocycles. The standard InChI is InChI=1S/C46H52F3N7O9S/c1-42(2,3)65-41(60)53-33-11-9-7-5-6-8-10-28-16-19-45(28,40(59)55-66(61,62)43(4)20-21-43)54-38(57)34-23-44(26-56(34)39(33)58)18-17-30-31-22-29(63-35-15-12-27(24-50)25-51-35)13-14-32(31)52-37(36(30)64-44)46(47,48)49/h8,10,12-15,22,25,28,33-34H,5-7,9,11,16-21,23,26H2,1-4H3,(H,53,60)(H,54,57)(H,55,59)/b10-8-/t28-,33+,34+,44-,45-/m1/s1. The number of aryl methyl sites for hydroxylation is 1. The second-order valence-corrected chi connectivity index (χ2v) is 21.5. The zero-order valence-corrected chi connectivity index (χ0v) is 37.9. The predicted molar refractivity (Wildman–Crippen MR) is 231 cm³/mol. The predicted octanol–water partition coefficient (Wildman–Crippen LogP) is 6.65. The summed E-state index contributed by atoms with van der Waals surface area (Å²) < 4.78 is 90.8. The van der Waals surface area contributed by atoms with Crippen LogP contribution in [-0.4, -0.2) is 87.2 Å². The number of carbonyl (C=O) groups excluding carboxylic acids is 4. The van der Waals surface area contributed by atoms with Crippen LogP contribution in [0.15, 0.2) is 48.7 Å². The molecule has 3 aromatic rings. The molecule has 0 radical (unpaired) electrons. The van der Waals surface area contributed by atoms with Gasteiger partial charge in [-0.1, -0.05) is 25.0 Å². The maximum absolute atomic E-state index is 15.0. The number of sulfonamides is 1. The van der Waals surface area contributed by atoms with Gasteiger partial charge in [-0.05, 0) is 110 Å². The average Bonchev–Trinajstić information content (AvgIpc) is 3.91. The normalized spacial score (nSPS) is 26.9. The lowest BCUT2D eigenvalue weighted by Crippen LogP contribution is -2.70. The van der Waals surface area contributed by atoms with Crippen LogP contribution in [0.1, 0.15) is 115 Å². The highest BCUT2D eigenvalue weighted by Crippen LogP contribution is 2.50. The fourth-order valence-corrected chi connectivity index (χ4v) is 10.5. The number of hydrogen-bond acceptors (Lipinski definition) is 12. The van der Waals surface area contributed by atoms with E-state index in [1.54, 1.807) is 26.8 Å². The third kappa shape index (κ3) is 9.23. The highest BCUT2D eigenvalue weighted by atomic mass is 32.2. The number of nitriles is 1. The molecule has 2 saturated carbocycles. The van der Waals surface area contributed by atoms with Crippen LogP contribution >= 0.6 is 0 Å². The number of fused-ring (bicyclic) bond motifs is 5. The number of hydrogen-bond donors (Lipinski definition) is 3. The van der Waals surface area contributed by atoms with Gasteiger partial charge in [0.15, 0.2) is 11.4 Å². The number of halogens is 3. The van der Waals surface area contributed by atoms with Crippen molar-refractivity contribution in [1.29, 1.82) is 5.26 Å². The number of pyridine rings is 2. The lowest BCUT2D eigenvalue weighted by molar-refractivity contribution is -0.145. The highest BCUT2D eigenvalue weighted by molar-refractivity contribution is 7.91. The molecule has 2 aliphatic carbocycles. The van der Waals surface area contributed by atoms with Gasteiger partial charge in [0.25, 0.3) is 5.91 Å². The molecule has 5 atom stereocenters. The first-order chi connectivity index (χ1) is 31.0. The molecule has 0 unspecified atom stereocenters. The van der Waals surface area contributed by atoms with Gasteiger partial charge in [-0.15, -0.1) is 0 Å². The summed E-state index contributed by atoms with van der Waals surface area (Å²) >= 11 is 0. The zero-order chi connectivity index (χ0) is 47.5. The molecule has 66 heavy (non-hydrogen) atoms. The van der Waals surface area contributed by atoms with Crippen molar-refractivity contribution in [3.05, 3.63) is 65.5 Å². The van der Waals surface area contributed by atoms with E-state index in [4.69, 9.17) is 19.5 Å². The summed E-state index contributed by atoms with van der Waals surface area (Å²) in [6.45, 7) is 6.12. The van der Waals surface area contributed by atoms with E-state index in [-0.39, 0.29) is 61.4 Å². The second kappa shape index (κ2) is 17.0. The van der Waals surface area contributed by atoms with E-state index in [1.165, 1.54) is 48.4 Å². The van der Waals surface area contributed by atoms with Crippen molar-refractivity contribution < 1.29 is 55.0 Å². The average molecular weight is 936 g/mol. The van der Waals surface area contributed by atoms with E-state index in [0.29, 0.717) is 55.9 Å². The van der Waals surface area contributed by atoms with Gasteiger partial charge in [0, 0.05) is 35.6 Å². The van der Waals surface area contributed by atoms with Gasteiger partial charge in [-0.2, -0.15) is 18.4 Å². The summed E-state index contributed by atoms with van der Waals surface area (Å²) in [7, 11) is -4.14. The monoisotopic (exact) mass is 935 g/mol. The molecule has 1 spiro atoms. The molecular formula is C46H52F3N7O9S. The molecule has 8 rings (SSSR count). The Morgan fingerprint density at radius 1 is 1.05 bits per heavy atom. The molecule has 3 aliphatic heterocycles. The van der Waals surface area contributed by atoms with Crippen molar-refractivity contribution in [2.75, 3.05) is 6.54 Å². The molecule has 1 aromatic carbocycles. The smallest absolute Gasteiger partial charge is 0.437 e. The Kier molecular flexibility index (Phi) is 12.0. The number of alkyl carbamates (subject to hydrolysis) is 1. The minimum Gasteiger partial charge on any atom is -0.483 e. The molecule has 352 valence electrons. The van der Waals surface area contributed by atoms with Crippen LogP contribution in [0.25, 0.3) is 10.9 Å². The molecule has 5 heterocycles. The molecule has 3 fully saturated rings. The van der Waals surface area contributed by atoms with E-state index in [9.17, 15) is 27.6 Å². The number of carbonyl (C=O) groups is 4. The third-order valence-electron chi connectivity index (χ3n) is 13.3. The van der Waals surface area contributed by atoms with Gasteiger partial charge in [0.2, 0.25) is 27.7 Å². The lowest BCUT2D eigenvalue weighted by atomic mass is 9.65. The van der Waals surface area contributed by atoms with Crippen molar-refractivity contribution in [2.24, 2.45) is 5.92 Å². The van der Waals surface area contributed by atoms with Crippen molar-refractivity contribution in [3.8, 4) is 23.4 Å². The molecule has 0 bridgehead atoms. The maximum atomic E-state index is 15.0. The number of allylic oxidation sites excluding steroid dienone is 1. The summed E-state index contributed by atoms with van der Waals surface area (Å²) in [5.41, 5.74) is -5.08. The first-order valence-corrected chi connectivity index (χ1v) is 23.7. The van der Waals surface area contributed by atoms with Crippen LogP contribution in [0.2, 0.25) is 0 Å². The van der Waals surface area contributed by atoms with Crippen molar-refractivity contribution in [2.45, 2.75) is 144 Å². The summed E-state index contributed by atoms with van der Waals surface area (Å²) in [5, 5.41) is 15.0. The molecule has 5 aliphatic rings. The minimum atomic E-state index is -5.00. The van der Waals surface area contributed by atoms with Gasteiger partial charge in [0.1, 0.15) is 40.6 Å². The Bertz CT molecular complexity index is 2640. The van der Waals surface area contributed by atoms with Crippen LogP contribution in [0.3, 0.4) is 0 Å². The molecule has 20 heteroatoms. The SMILES string of the molecule is CC(C)(C)OC(=O)N[C@H]1CCCCC/C=C\[C@@H]2CC[C@@]2(C(=O)NS(=O)(=O)C2(C)CC2)NC(=O)[C@@H]2C[C@]3(CCc4c(c(C(F)(F)F)nc5ccc(Oc6ccc(C#N)cn6)cc45)O3)CN2C1=O. The molecule has 2 aromatic heterocycles. The van der Waals surface area contributed by atoms with E-state index in [1.807, 2.05) is 12.1 Å². The number of rotatable bonds is 6. The number of amides is 4. The fraction of sp³-hybridized carbons (Fsp3) is 0.543.